The molecule has 0 aliphatic heterocycles. The Bertz CT molecular complexity index is 1420. The molecule has 1 heterocycles. The lowest BCUT2D eigenvalue weighted by molar-refractivity contribution is 0.0974. The van der Waals surface area contributed by atoms with Crippen molar-refractivity contribution in [3.63, 3.8) is 0 Å². The average Bonchev–Trinajstić information content (AvgIpc) is 3.23. The zero-order valence-corrected chi connectivity index (χ0v) is 21.4. The predicted octanol–water partition coefficient (Wildman–Crippen LogP) is 6.02. The van der Waals surface area contributed by atoms with Gasteiger partial charge in [0.15, 0.2) is 10.7 Å². The number of hydrogen-bond donors (Lipinski definition) is 2. The maximum absolute atomic E-state index is 12.9. The first-order chi connectivity index (χ1) is 16.3. The fraction of sp³-hybridized carbons (Fsp3) is 0.160. The van der Waals surface area contributed by atoms with E-state index in [0.29, 0.717) is 34.1 Å². The van der Waals surface area contributed by atoms with Crippen LogP contribution in [0.4, 0.5) is 5.69 Å². The first kappa shape index (κ1) is 23.7. The van der Waals surface area contributed by atoms with Gasteiger partial charge in [-0.15, -0.1) is 0 Å². The highest BCUT2D eigenvalue weighted by molar-refractivity contribution is 9.10. The highest BCUT2D eigenvalue weighted by Gasteiger charge is 2.17. The summed E-state index contributed by atoms with van der Waals surface area (Å²) in [5.74, 6) is 1.29. The number of aromatic nitrogens is 1. The second-order valence-corrected chi connectivity index (χ2v) is 8.92. The Balaban J connectivity index is 1.55. The molecule has 4 aromatic rings. The normalized spacial score (nSPS) is 10.7. The average molecular weight is 540 g/mol. The van der Waals surface area contributed by atoms with Crippen LogP contribution in [0.15, 0.2) is 57.4 Å². The van der Waals surface area contributed by atoms with Crippen LogP contribution >= 0.6 is 28.1 Å². The van der Waals surface area contributed by atoms with Gasteiger partial charge < -0.3 is 19.2 Å². The molecule has 174 valence electrons. The molecular formula is C25H22BrN3O4S. The molecule has 0 aliphatic carbocycles. The Labute approximate surface area is 210 Å². The highest BCUT2D eigenvalue weighted by atomic mass is 79.9. The van der Waals surface area contributed by atoms with E-state index in [2.05, 4.69) is 31.5 Å². The largest absolute Gasteiger partial charge is 0.497 e. The summed E-state index contributed by atoms with van der Waals surface area (Å²) in [6, 6.07) is 14.7. The van der Waals surface area contributed by atoms with Gasteiger partial charge in [-0.3, -0.25) is 10.1 Å². The minimum Gasteiger partial charge on any atom is -0.497 e. The number of fused-ring (bicyclic) bond motifs is 1. The fourth-order valence-electron chi connectivity index (χ4n) is 3.54. The number of rotatable bonds is 5. The number of halogens is 1. The number of anilines is 1. The molecule has 34 heavy (non-hydrogen) atoms. The molecular weight excluding hydrogens is 518 g/mol. The van der Waals surface area contributed by atoms with E-state index in [0.717, 1.165) is 26.9 Å². The standard InChI is InChI=1S/C25H22BrN3O4S/c1-13-5-6-15(24-27-20-12-17(31-3)7-8-21(20)33-24)10-19(13)28-25(34)29-23(30)18-11-16(26)9-14(2)22(18)32-4/h5-12H,1-4H3,(H2,28,29,30,34). The van der Waals surface area contributed by atoms with Crippen molar-refractivity contribution in [1.29, 1.82) is 0 Å². The van der Waals surface area contributed by atoms with Crippen molar-refractivity contribution in [2.24, 2.45) is 0 Å². The summed E-state index contributed by atoms with van der Waals surface area (Å²) in [5.41, 5.74) is 5.00. The van der Waals surface area contributed by atoms with Gasteiger partial charge >= 0.3 is 0 Å². The van der Waals surface area contributed by atoms with Crippen molar-refractivity contribution in [1.82, 2.24) is 10.3 Å². The van der Waals surface area contributed by atoms with Crippen LogP contribution in [0.25, 0.3) is 22.6 Å². The van der Waals surface area contributed by atoms with Gasteiger partial charge in [-0.2, -0.15) is 0 Å². The molecule has 0 bridgehead atoms. The molecule has 0 spiro atoms. The first-order valence-electron chi connectivity index (χ1n) is 10.3. The third-order valence-electron chi connectivity index (χ3n) is 5.24. The van der Waals surface area contributed by atoms with Gasteiger partial charge in [0.25, 0.3) is 5.91 Å². The molecule has 0 radical (unpaired) electrons. The van der Waals surface area contributed by atoms with E-state index in [1.165, 1.54) is 7.11 Å². The molecule has 0 unspecified atom stereocenters. The fourth-order valence-corrected chi connectivity index (χ4v) is 4.32. The Morgan fingerprint density at radius 2 is 1.82 bits per heavy atom. The maximum atomic E-state index is 12.9. The predicted molar refractivity (Wildman–Crippen MR) is 140 cm³/mol. The number of carbonyl (C=O) groups excluding carboxylic acids is 1. The summed E-state index contributed by atoms with van der Waals surface area (Å²) < 4.78 is 17.3. The molecule has 9 heteroatoms. The van der Waals surface area contributed by atoms with Crippen molar-refractivity contribution in [3.8, 4) is 23.0 Å². The van der Waals surface area contributed by atoms with Gasteiger partial charge in [-0.1, -0.05) is 22.0 Å². The maximum Gasteiger partial charge on any atom is 0.261 e. The van der Waals surface area contributed by atoms with Crippen molar-refractivity contribution >= 4 is 56.0 Å². The number of methoxy groups -OCH3 is 2. The topological polar surface area (TPSA) is 85.6 Å². The highest BCUT2D eigenvalue weighted by Crippen LogP contribution is 2.30. The van der Waals surface area contributed by atoms with Gasteiger partial charge in [0.2, 0.25) is 5.89 Å². The number of thiocarbonyl (C=S) groups is 1. The second kappa shape index (κ2) is 9.82. The van der Waals surface area contributed by atoms with Crippen LogP contribution in [0.1, 0.15) is 21.5 Å². The van der Waals surface area contributed by atoms with Gasteiger partial charge in [0.05, 0.1) is 19.8 Å². The Morgan fingerprint density at radius 3 is 2.56 bits per heavy atom. The monoisotopic (exact) mass is 539 g/mol. The summed E-state index contributed by atoms with van der Waals surface area (Å²) in [4.78, 5) is 17.4. The number of ether oxygens (including phenoxy) is 2. The van der Waals surface area contributed by atoms with Gasteiger partial charge in [0, 0.05) is 21.8 Å². The van der Waals surface area contributed by atoms with Crippen LogP contribution in [-0.2, 0) is 0 Å². The quantitative estimate of drug-likeness (QED) is 0.300. The van der Waals surface area contributed by atoms with E-state index in [1.54, 1.807) is 13.2 Å². The lowest BCUT2D eigenvalue weighted by Crippen LogP contribution is -2.34. The van der Waals surface area contributed by atoms with Gasteiger partial charge in [-0.25, -0.2) is 4.98 Å². The molecule has 0 aliphatic rings. The van der Waals surface area contributed by atoms with Crippen LogP contribution in [-0.4, -0.2) is 30.2 Å². The second-order valence-electron chi connectivity index (χ2n) is 7.59. The summed E-state index contributed by atoms with van der Waals surface area (Å²) in [7, 11) is 3.14. The van der Waals surface area contributed by atoms with E-state index >= 15 is 0 Å². The third kappa shape index (κ3) is 4.90. The number of nitrogens with one attached hydrogen (secondary N) is 2. The lowest BCUT2D eigenvalue weighted by atomic mass is 10.1. The number of carbonyl (C=O) groups is 1. The van der Waals surface area contributed by atoms with Crippen LogP contribution in [0.3, 0.4) is 0 Å². The van der Waals surface area contributed by atoms with E-state index in [1.807, 2.05) is 56.3 Å². The Kier molecular flexibility index (Phi) is 6.85. The summed E-state index contributed by atoms with van der Waals surface area (Å²) >= 11 is 8.83. The zero-order chi connectivity index (χ0) is 24.4. The minimum atomic E-state index is -0.375. The van der Waals surface area contributed by atoms with Crippen LogP contribution < -0.4 is 20.1 Å². The molecule has 0 saturated carbocycles. The minimum absolute atomic E-state index is 0.159. The number of benzene rings is 3. The van der Waals surface area contributed by atoms with Crippen molar-refractivity contribution in [2.75, 3.05) is 19.5 Å². The van der Waals surface area contributed by atoms with Crippen LogP contribution in [0.2, 0.25) is 0 Å². The van der Waals surface area contributed by atoms with E-state index in [4.69, 9.17) is 26.1 Å². The third-order valence-corrected chi connectivity index (χ3v) is 5.90. The lowest BCUT2D eigenvalue weighted by Gasteiger charge is -2.15. The summed E-state index contributed by atoms with van der Waals surface area (Å²) in [5, 5.41) is 5.98. The van der Waals surface area contributed by atoms with E-state index < -0.39 is 0 Å². The molecule has 0 saturated heterocycles. The molecule has 3 aromatic carbocycles. The van der Waals surface area contributed by atoms with Crippen molar-refractivity contribution < 1.29 is 18.7 Å². The summed E-state index contributed by atoms with van der Waals surface area (Å²) in [6.45, 7) is 3.81. The summed E-state index contributed by atoms with van der Waals surface area (Å²) in [6.07, 6.45) is 0. The molecule has 4 rings (SSSR count). The number of nitrogens with zero attached hydrogens (tertiary/aromatic N) is 1. The molecule has 2 N–H and O–H groups in total. The number of oxazole rings is 1. The van der Waals surface area contributed by atoms with Crippen molar-refractivity contribution in [2.45, 2.75) is 13.8 Å². The SMILES string of the molecule is COc1ccc2oc(-c3ccc(C)c(NC(=S)NC(=O)c4cc(Br)cc(C)c4OC)c3)nc2c1. The molecule has 7 nitrogen and oxygen atoms in total. The molecule has 1 aromatic heterocycles. The molecule has 1 amide bonds. The number of aryl methyl sites for hydroxylation is 2. The van der Waals surface area contributed by atoms with E-state index in [-0.39, 0.29) is 11.0 Å². The first-order valence-corrected chi connectivity index (χ1v) is 11.5. The molecule has 0 atom stereocenters. The Hall–Kier alpha value is -3.43. The Morgan fingerprint density at radius 1 is 1.03 bits per heavy atom. The number of amides is 1. The smallest absolute Gasteiger partial charge is 0.261 e. The molecule has 0 fully saturated rings. The van der Waals surface area contributed by atoms with E-state index in [9.17, 15) is 4.79 Å². The van der Waals surface area contributed by atoms with Gasteiger partial charge in [0.1, 0.15) is 17.0 Å². The number of hydrogen-bond acceptors (Lipinski definition) is 6. The van der Waals surface area contributed by atoms with Crippen molar-refractivity contribution in [3.05, 3.63) is 69.7 Å². The van der Waals surface area contributed by atoms with Gasteiger partial charge in [-0.05, 0) is 73.6 Å². The van der Waals surface area contributed by atoms with Crippen LogP contribution in [0, 0.1) is 13.8 Å². The van der Waals surface area contributed by atoms with Crippen LogP contribution in [0.5, 0.6) is 11.5 Å². The zero-order valence-electron chi connectivity index (χ0n) is 19.0.